The van der Waals surface area contributed by atoms with Gasteiger partial charge in [-0.1, -0.05) is 38.1 Å². The molecule has 5 rings (SSSR count). The minimum Gasteiger partial charge on any atom is -0.484 e. The van der Waals surface area contributed by atoms with Gasteiger partial charge < -0.3 is 34.1 Å². The van der Waals surface area contributed by atoms with Gasteiger partial charge in [-0.3, -0.25) is 26.5 Å². The van der Waals surface area contributed by atoms with Crippen molar-refractivity contribution in [2.24, 2.45) is 0 Å². The van der Waals surface area contributed by atoms with Crippen LogP contribution in [0.4, 0.5) is 0 Å². The molecule has 5 N–H and O–H groups in total. The summed E-state index contributed by atoms with van der Waals surface area (Å²) in [4.78, 5) is 32.0. The number of nitrogens with one attached hydrogen (secondary N) is 5. The number of hydrogen-bond donors (Lipinski definition) is 5. The van der Waals surface area contributed by atoms with Gasteiger partial charge in [-0.15, -0.1) is 0 Å². The maximum absolute atomic E-state index is 11.6. The van der Waals surface area contributed by atoms with Crippen molar-refractivity contribution in [2.45, 2.75) is 40.3 Å². The summed E-state index contributed by atoms with van der Waals surface area (Å²) in [6.45, 7) is 11.9. The Hall–Kier alpha value is -4.89. The van der Waals surface area contributed by atoms with Crippen molar-refractivity contribution >= 4 is 35.3 Å². The summed E-state index contributed by atoms with van der Waals surface area (Å²) in [5.74, 6) is -0.304. The number of ether oxygens (including phenoxy) is 4. The number of nitrogens with zero attached hydrogens (tertiary/aromatic N) is 4. The Kier molecular flexibility index (Phi) is 13.8. The van der Waals surface area contributed by atoms with Crippen LogP contribution in [0.1, 0.15) is 43.7 Å². The molecule has 2 saturated heterocycles. The summed E-state index contributed by atoms with van der Waals surface area (Å²) in [6, 6.07) is 11.9. The van der Waals surface area contributed by atoms with E-state index in [1.165, 1.54) is 16.9 Å². The van der Waals surface area contributed by atoms with Gasteiger partial charge in [0, 0.05) is 38.4 Å². The molecule has 0 saturated carbocycles. The predicted molar refractivity (Wildman–Crippen MR) is 177 cm³/mol. The number of piperazine rings is 2. The fourth-order valence-corrected chi connectivity index (χ4v) is 4.83. The Morgan fingerprint density at radius 1 is 0.979 bits per heavy atom. The molecule has 47 heavy (non-hydrogen) atoms. The molecule has 254 valence electrons. The van der Waals surface area contributed by atoms with E-state index in [2.05, 4.69) is 24.7 Å². The van der Waals surface area contributed by atoms with Crippen LogP contribution in [0.15, 0.2) is 36.4 Å². The number of esters is 2. The van der Waals surface area contributed by atoms with Crippen molar-refractivity contribution in [1.82, 2.24) is 25.0 Å². The van der Waals surface area contributed by atoms with Crippen LogP contribution in [0.5, 0.6) is 11.6 Å². The fraction of sp³-hybridized carbons (Fsp3) is 0.469. The van der Waals surface area contributed by atoms with Crippen LogP contribution in [0.3, 0.4) is 0 Å². The standard InChI is InChI=1S/C22H25N5O4.C8H14N4O2.C2H6/c1-14-3-8-17-21(25-14)31-18(13-30-17)16-6-4-15(5-7-16)11-26-9-10-27(19(23)12-26)20(24)22(28)29-2;1-2-14-8(13)7(10)12-4-3-11-5-6(12)9;1-2/h3-8,18,23-24H,9-13H2,1-2H3;9-11H,2-5H2,1H3;1-2H3. The molecule has 0 bridgehead atoms. The zero-order valence-corrected chi connectivity index (χ0v) is 27.6. The number of pyridine rings is 1. The molecule has 15 nitrogen and oxygen atoms in total. The van der Waals surface area contributed by atoms with Crippen molar-refractivity contribution in [3.63, 3.8) is 0 Å². The summed E-state index contributed by atoms with van der Waals surface area (Å²) in [6.07, 6.45) is -0.211. The molecule has 0 radical (unpaired) electrons. The Morgan fingerprint density at radius 3 is 2.30 bits per heavy atom. The van der Waals surface area contributed by atoms with E-state index in [9.17, 15) is 9.59 Å². The number of aryl methyl sites for hydroxylation is 1. The van der Waals surface area contributed by atoms with E-state index >= 15 is 0 Å². The Morgan fingerprint density at radius 2 is 1.66 bits per heavy atom. The highest BCUT2D eigenvalue weighted by molar-refractivity contribution is 6.37. The highest BCUT2D eigenvalue weighted by Gasteiger charge is 2.29. The average Bonchev–Trinajstić information content (AvgIpc) is 3.09. The lowest BCUT2D eigenvalue weighted by Crippen LogP contribution is -2.53. The van der Waals surface area contributed by atoms with E-state index in [0.29, 0.717) is 64.0 Å². The number of hydrogen-bond acceptors (Lipinski definition) is 13. The first kappa shape index (κ1) is 36.6. The van der Waals surface area contributed by atoms with Crippen LogP contribution in [0.25, 0.3) is 0 Å². The molecule has 3 aliphatic rings. The molecule has 0 amide bonds. The lowest BCUT2D eigenvalue weighted by molar-refractivity contribution is -0.136. The van der Waals surface area contributed by atoms with E-state index in [-0.39, 0.29) is 36.1 Å². The quantitative estimate of drug-likeness (QED) is 0.185. The van der Waals surface area contributed by atoms with Gasteiger partial charge in [-0.05, 0) is 37.1 Å². The van der Waals surface area contributed by atoms with Gasteiger partial charge in [0.15, 0.2) is 11.9 Å². The Balaban J connectivity index is 0.000000315. The minimum atomic E-state index is -0.726. The van der Waals surface area contributed by atoms with E-state index < -0.39 is 11.9 Å². The average molecular weight is 652 g/mol. The lowest BCUT2D eigenvalue weighted by atomic mass is 10.1. The zero-order chi connectivity index (χ0) is 34.5. The van der Waals surface area contributed by atoms with Crippen LogP contribution in [0, 0.1) is 28.6 Å². The summed E-state index contributed by atoms with van der Waals surface area (Å²) >= 11 is 0. The molecule has 15 heteroatoms. The second-order valence-corrected chi connectivity index (χ2v) is 10.4. The third-order valence-corrected chi connectivity index (χ3v) is 7.22. The molecular formula is C32H45N9O6. The summed E-state index contributed by atoms with van der Waals surface area (Å²) in [7, 11) is 1.24. The fourth-order valence-electron chi connectivity index (χ4n) is 4.83. The summed E-state index contributed by atoms with van der Waals surface area (Å²) < 4.78 is 21.1. The van der Waals surface area contributed by atoms with Crippen LogP contribution in [-0.4, -0.2) is 115 Å². The molecular weight excluding hydrogens is 606 g/mol. The molecule has 0 aliphatic carbocycles. The zero-order valence-electron chi connectivity index (χ0n) is 27.6. The molecule has 1 aromatic carbocycles. The van der Waals surface area contributed by atoms with E-state index in [4.69, 9.17) is 31.1 Å². The van der Waals surface area contributed by atoms with Gasteiger partial charge in [-0.25, -0.2) is 14.6 Å². The van der Waals surface area contributed by atoms with E-state index in [0.717, 1.165) is 16.8 Å². The minimum absolute atomic E-state index is 0.211. The molecule has 1 unspecified atom stereocenters. The smallest absolute Gasteiger partial charge is 0.373 e. The maximum atomic E-state index is 11.6. The van der Waals surface area contributed by atoms with Crippen LogP contribution < -0.4 is 14.8 Å². The predicted octanol–water partition coefficient (Wildman–Crippen LogP) is 2.58. The number of carbonyl (C=O) groups is 2. The highest BCUT2D eigenvalue weighted by Crippen LogP contribution is 2.34. The number of methoxy groups -OCH3 is 1. The number of amidine groups is 4. The second-order valence-electron chi connectivity index (χ2n) is 10.4. The Bertz CT molecular complexity index is 1450. The van der Waals surface area contributed by atoms with Crippen molar-refractivity contribution in [2.75, 3.05) is 59.6 Å². The highest BCUT2D eigenvalue weighted by atomic mass is 16.6. The van der Waals surface area contributed by atoms with Crippen molar-refractivity contribution in [3.8, 4) is 11.6 Å². The SMILES string of the molecule is CC.CCOC(=O)C(=N)N1CCNCC1=N.COC(=O)C(=N)N1CCN(Cc2ccc(C3COc4ccc(C)nc4O3)cc2)CC1=N. The van der Waals surface area contributed by atoms with Crippen LogP contribution in [0.2, 0.25) is 0 Å². The van der Waals surface area contributed by atoms with Crippen LogP contribution >= 0.6 is 0 Å². The first-order valence-electron chi connectivity index (χ1n) is 15.5. The number of benzene rings is 1. The first-order chi connectivity index (χ1) is 22.6. The molecule has 3 aliphatic heterocycles. The van der Waals surface area contributed by atoms with E-state index in [1.54, 1.807) is 6.92 Å². The van der Waals surface area contributed by atoms with Gasteiger partial charge in [0.25, 0.3) is 5.88 Å². The normalized spacial score (nSPS) is 17.3. The number of carbonyl (C=O) groups excluding carboxylic acids is 2. The Labute approximate surface area is 275 Å². The number of rotatable bonds is 4. The van der Waals surface area contributed by atoms with Gasteiger partial charge in [0.05, 0.1) is 26.8 Å². The summed E-state index contributed by atoms with van der Waals surface area (Å²) in [5, 5.41) is 34.0. The third kappa shape index (κ3) is 9.80. The first-order valence-corrected chi connectivity index (χ1v) is 15.5. The number of aromatic nitrogens is 1. The molecule has 1 aromatic heterocycles. The molecule has 2 fully saturated rings. The van der Waals surface area contributed by atoms with Gasteiger partial charge in [-0.2, -0.15) is 0 Å². The second kappa shape index (κ2) is 17.7. The summed E-state index contributed by atoms with van der Waals surface area (Å²) in [5.41, 5.74) is 3.01. The van der Waals surface area contributed by atoms with Crippen molar-refractivity contribution < 1.29 is 28.5 Å². The third-order valence-electron chi connectivity index (χ3n) is 7.22. The lowest BCUT2D eigenvalue weighted by Gasteiger charge is -2.35. The number of fused-ring (bicyclic) bond motifs is 1. The van der Waals surface area contributed by atoms with Gasteiger partial charge in [0.2, 0.25) is 11.7 Å². The molecule has 0 spiro atoms. The van der Waals surface area contributed by atoms with E-state index in [1.807, 2.05) is 57.2 Å². The molecule has 2 aromatic rings. The van der Waals surface area contributed by atoms with Gasteiger partial charge >= 0.3 is 11.9 Å². The monoisotopic (exact) mass is 651 g/mol. The van der Waals surface area contributed by atoms with Crippen molar-refractivity contribution in [1.29, 1.82) is 21.6 Å². The van der Waals surface area contributed by atoms with Crippen LogP contribution in [-0.2, 0) is 25.6 Å². The largest absolute Gasteiger partial charge is 0.484 e. The topological polar surface area (TPSA) is 201 Å². The maximum Gasteiger partial charge on any atom is 0.373 e. The molecule has 1 atom stereocenters. The molecule has 4 heterocycles. The van der Waals surface area contributed by atoms with Crippen molar-refractivity contribution in [3.05, 3.63) is 53.2 Å². The van der Waals surface area contributed by atoms with Gasteiger partial charge in [0.1, 0.15) is 18.3 Å².